The quantitative estimate of drug-likeness (QED) is 0.430. The Kier molecular flexibility index (Phi) is 6.47. The summed E-state index contributed by atoms with van der Waals surface area (Å²) in [6, 6.07) is 19.5. The van der Waals surface area contributed by atoms with Crippen molar-refractivity contribution < 1.29 is 9.53 Å². The summed E-state index contributed by atoms with van der Waals surface area (Å²) in [6.45, 7) is 7.02. The van der Waals surface area contributed by atoms with Crippen molar-refractivity contribution in [3.63, 3.8) is 0 Å². The van der Waals surface area contributed by atoms with Gasteiger partial charge >= 0.3 is 6.09 Å². The van der Waals surface area contributed by atoms with Crippen molar-refractivity contribution in [2.24, 2.45) is 0 Å². The highest BCUT2D eigenvalue weighted by atomic mass is 16.5. The fraction of sp³-hybridized carbons (Fsp3) is 0.548. The van der Waals surface area contributed by atoms with E-state index in [4.69, 9.17) is 9.72 Å². The van der Waals surface area contributed by atoms with E-state index in [1.165, 1.54) is 49.4 Å². The third-order valence-corrected chi connectivity index (χ3v) is 9.63. The van der Waals surface area contributed by atoms with E-state index in [9.17, 15) is 4.79 Å². The van der Waals surface area contributed by atoms with Crippen molar-refractivity contribution in [3.8, 4) is 0 Å². The van der Waals surface area contributed by atoms with E-state index in [1.54, 1.807) is 0 Å². The largest absolute Gasteiger partial charge is 0.453 e. The van der Waals surface area contributed by atoms with Gasteiger partial charge in [-0.1, -0.05) is 42.0 Å². The number of ether oxygens (including phenoxy) is 1. The molecule has 1 amide bonds. The second-order valence-corrected chi connectivity index (χ2v) is 11.6. The molecule has 3 aliphatic heterocycles. The maximum Gasteiger partial charge on any atom is 0.409 e. The highest BCUT2D eigenvalue weighted by Crippen LogP contribution is 2.45. The summed E-state index contributed by atoms with van der Waals surface area (Å²) in [5.41, 5.74) is 5.28. The molecule has 3 saturated heterocycles. The van der Waals surface area contributed by atoms with Gasteiger partial charge in [0.1, 0.15) is 5.82 Å². The van der Waals surface area contributed by atoms with E-state index >= 15 is 0 Å². The van der Waals surface area contributed by atoms with E-state index in [2.05, 4.69) is 71.8 Å². The van der Waals surface area contributed by atoms with Crippen LogP contribution in [0.25, 0.3) is 11.0 Å². The summed E-state index contributed by atoms with van der Waals surface area (Å²) >= 11 is 0. The Labute approximate surface area is 220 Å². The lowest BCUT2D eigenvalue weighted by molar-refractivity contribution is 0.0752. The molecule has 3 fully saturated rings. The van der Waals surface area contributed by atoms with Crippen molar-refractivity contribution in [1.29, 1.82) is 0 Å². The number of fused-ring (bicyclic) bond motifs is 3. The van der Waals surface area contributed by atoms with Crippen LogP contribution in [0.3, 0.4) is 0 Å². The van der Waals surface area contributed by atoms with Crippen LogP contribution in [0.5, 0.6) is 0 Å². The number of carbonyl (C=O) groups excluding carboxylic acids is 1. The number of aromatic nitrogens is 2. The monoisotopic (exact) mass is 500 g/mol. The number of para-hydroxylation sites is 2. The molecular formula is C31H40N4O2. The minimum Gasteiger partial charge on any atom is -0.453 e. The van der Waals surface area contributed by atoms with Gasteiger partial charge in [0.05, 0.1) is 18.1 Å². The number of imidazole rings is 1. The molecule has 6 heteroatoms. The van der Waals surface area contributed by atoms with Crippen molar-refractivity contribution in [2.75, 3.05) is 26.7 Å². The van der Waals surface area contributed by atoms with Crippen molar-refractivity contribution in [2.45, 2.75) is 82.3 Å². The molecule has 2 aromatic carbocycles. The first kappa shape index (κ1) is 24.5. The molecule has 0 saturated carbocycles. The lowest BCUT2D eigenvalue weighted by atomic mass is 9.70. The summed E-state index contributed by atoms with van der Waals surface area (Å²) < 4.78 is 7.54. The summed E-state index contributed by atoms with van der Waals surface area (Å²) in [5, 5.41) is 0. The summed E-state index contributed by atoms with van der Waals surface area (Å²) in [7, 11) is 1.48. The van der Waals surface area contributed by atoms with Gasteiger partial charge in [-0.05, 0) is 88.4 Å². The number of nitrogens with zero attached hydrogens (tertiary/aromatic N) is 4. The van der Waals surface area contributed by atoms with E-state index < -0.39 is 0 Å². The normalized spacial score (nSPS) is 25.5. The van der Waals surface area contributed by atoms with Gasteiger partial charge in [-0.3, -0.25) is 4.90 Å². The van der Waals surface area contributed by atoms with E-state index in [1.807, 2.05) is 4.90 Å². The van der Waals surface area contributed by atoms with Gasteiger partial charge in [0, 0.05) is 31.2 Å². The van der Waals surface area contributed by atoms with E-state index in [-0.39, 0.29) is 11.5 Å². The number of hydrogen-bond acceptors (Lipinski definition) is 4. The number of methoxy groups -OCH3 is 1. The third kappa shape index (κ3) is 4.43. The van der Waals surface area contributed by atoms with Crippen molar-refractivity contribution >= 4 is 17.1 Å². The maximum atomic E-state index is 12.2. The van der Waals surface area contributed by atoms with E-state index in [0.717, 1.165) is 50.2 Å². The number of hydrogen-bond donors (Lipinski definition) is 0. The minimum atomic E-state index is -0.194. The molecule has 3 aromatic rings. The number of likely N-dealkylation sites (tertiary alicyclic amines) is 1. The Morgan fingerprint density at radius 2 is 1.73 bits per heavy atom. The molecule has 37 heavy (non-hydrogen) atoms. The summed E-state index contributed by atoms with van der Waals surface area (Å²) in [5.74, 6) is 1.15. The molecule has 0 spiro atoms. The Balaban J connectivity index is 1.19. The summed E-state index contributed by atoms with van der Waals surface area (Å²) in [4.78, 5) is 21.8. The van der Waals surface area contributed by atoms with Gasteiger partial charge in [-0.15, -0.1) is 0 Å². The van der Waals surface area contributed by atoms with E-state index in [0.29, 0.717) is 18.1 Å². The number of aryl methyl sites for hydroxylation is 2. The molecule has 3 aliphatic rings. The van der Waals surface area contributed by atoms with Crippen LogP contribution >= 0.6 is 0 Å². The second-order valence-electron chi connectivity index (χ2n) is 11.6. The predicted octanol–water partition coefficient (Wildman–Crippen LogP) is 6.01. The standard InChI is InChI=1S/C31H40N4O2/c1-22-7-6-8-24(19-22)31(13-16-33(17-14-31)30(36)37-3)15-18-34-25-11-12-26(34)21-27(20-25)35-23(2)32-28-9-4-5-10-29(28)35/h4-10,19,25-27H,11-18,20-21H2,1-3H3/t25-,26+,27?. The smallest absolute Gasteiger partial charge is 0.409 e. The second kappa shape index (κ2) is 9.79. The number of benzene rings is 2. The number of carbonyl (C=O) groups is 1. The Morgan fingerprint density at radius 3 is 2.43 bits per heavy atom. The molecule has 6 rings (SSSR count). The molecular weight excluding hydrogens is 460 g/mol. The number of amides is 1. The Bertz CT molecular complexity index is 1260. The lowest BCUT2D eigenvalue weighted by Gasteiger charge is -2.45. The SMILES string of the molecule is COC(=O)N1CCC(CCN2[C@@H]3CC[C@H]2CC(n2c(C)nc4ccccc42)C3)(c2cccc(C)c2)CC1. The molecule has 1 aromatic heterocycles. The molecule has 0 aliphatic carbocycles. The molecule has 0 N–H and O–H groups in total. The van der Waals surface area contributed by atoms with Crippen LogP contribution in [0.4, 0.5) is 4.79 Å². The van der Waals surface area contributed by atoms with Gasteiger partial charge in [-0.25, -0.2) is 9.78 Å². The molecule has 4 heterocycles. The van der Waals surface area contributed by atoms with Crippen LogP contribution < -0.4 is 0 Å². The van der Waals surface area contributed by atoms with Gasteiger partial charge in [0.2, 0.25) is 0 Å². The van der Waals surface area contributed by atoms with Gasteiger partial charge < -0.3 is 14.2 Å². The fourth-order valence-corrected chi connectivity index (χ4v) is 7.69. The Morgan fingerprint density at radius 1 is 1.00 bits per heavy atom. The summed E-state index contributed by atoms with van der Waals surface area (Å²) in [6.07, 6.45) is 7.99. The first-order chi connectivity index (χ1) is 18.0. The zero-order valence-corrected chi connectivity index (χ0v) is 22.5. The number of piperidine rings is 2. The maximum absolute atomic E-state index is 12.2. The molecule has 196 valence electrons. The van der Waals surface area contributed by atoms with Crippen LogP contribution in [-0.2, 0) is 10.2 Å². The highest BCUT2D eigenvalue weighted by molar-refractivity contribution is 5.76. The minimum absolute atomic E-state index is 0.115. The van der Waals surface area contributed by atoms with Crippen LogP contribution in [0, 0.1) is 13.8 Å². The lowest BCUT2D eigenvalue weighted by Crippen LogP contribution is -2.49. The van der Waals surface area contributed by atoms with Gasteiger partial charge in [0.15, 0.2) is 0 Å². The van der Waals surface area contributed by atoms with Crippen LogP contribution in [-0.4, -0.2) is 64.3 Å². The molecule has 2 bridgehead atoms. The van der Waals surface area contributed by atoms with Crippen LogP contribution in [0.1, 0.15) is 67.9 Å². The third-order valence-electron chi connectivity index (χ3n) is 9.63. The molecule has 6 nitrogen and oxygen atoms in total. The first-order valence-electron chi connectivity index (χ1n) is 14.1. The van der Waals surface area contributed by atoms with Gasteiger partial charge in [0.25, 0.3) is 0 Å². The molecule has 3 atom stereocenters. The first-order valence-corrected chi connectivity index (χ1v) is 14.1. The Hall–Kier alpha value is -2.86. The van der Waals surface area contributed by atoms with Crippen molar-refractivity contribution in [3.05, 3.63) is 65.5 Å². The predicted molar refractivity (Wildman–Crippen MR) is 147 cm³/mol. The zero-order valence-electron chi connectivity index (χ0n) is 22.5. The van der Waals surface area contributed by atoms with Crippen LogP contribution in [0.2, 0.25) is 0 Å². The van der Waals surface area contributed by atoms with Crippen molar-refractivity contribution in [1.82, 2.24) is 19.4 Å². The average molecular weight is 501 g/mol. The molecule has 1 unspecified atom stereocenters. The zero-order chi connectivity index (χ0) is 25.6. The van der Waals surface area contributed by atoms with Crippen LogP contribution in [0.15, 0.2) is 48.5 Å². The average Bonchev–Trinajstić information content (AvgIpc) is 3.37. The molecule has 0 radical (unpaired) electrons. The topological polar surface area (TPSA) is 50.6 Å². The highest BCUT2D eigenvalue weighted by Gasteiger charge is 2.44. The van der Waals surface area contributed by atoms with Gasteiger partial charge in [-0.2, -0.15) is 0 Å². The number of rotatable bonds is 5. The fourth-order valence-electron chi connectivity index (χ4n) is 7.69.